The van der Waals surface area contributed by atoms with Crippen molar-refractivity contribution in [3.63, 3.8) is 0 Å². The molecule has 3 N–H and O–H groups in total. The average molecular weight is 321 g/mol. The van der Waals surface area contributed by atoms with Crippen LogP contribution in [0.15, 0.2) is 53.5 Å². The molecule has 5 nitrogen and oxygen atoms in total. The van der Waals surface area contributed by atoms with Gasteiger partial charge in [-0.3, -0.25) is 9.59 Å². The fourth-order valence-electron chi connectivity index (χ4n) is 2.10. The molecule has 0 aliphatic heterocycles. The molecule has 1 heterocycles. The van der Waals surface area contributed by atoms with Crippen molar-refractivity contribution in [2.45, 2.75) is 18.4 Å². The normalized spacial score (nSPS) is 14.0. The van der Waals surface area contributed by atoms with E-state index < -0.39 is 17.3 Å². The Balaban J connectivity index is 3.21. The van der Waals surface area contributed by atoms with Crippen LogP contribution >= 0.6 is 11.3 Å². The molecule has 118 valence electrons. The van der Waals surface area contributed by atoms with Crippen molar-refractivity contribution in [1.82, 2.24) is 0 Å². The van der Waals surface area contributed by atoms with Crippen LogP contribution in [0.1, 0.15) is 18.4 Å². The topological polar surface area (TPSA) is 89.6 Å². The Kier molecular flexibility index (Phi) is 6.27. The van der Waals surface area contributed by atoms with E-state index in [0.29, 0.717) is 5.56 Å². The summed E-state index contributed by atoms with van der Waals surface area (Å²) in [5.41, 5.74) is 6.05. The summed E-state index contributed by atoms with van der Waals surface area (Å²) < 4.78 is 4.49. The van der Waals surface area contributed by atoms with Gasteiger partial charge in [0.2, 0.25) is 0 Å². The third kappa shape index (κ3) is 4.16. The predicted molar refractivity (Wildman–Crippen MR) is 86.5 cm³/mol. The molecule has 0 aliphatic carbocycles. The number of ketones is 1. The smallest absolute Gasteiger partial charge is 0.313 e. The maximum Gasteiger partial charge on any atom is 0.313 e. The Morgan fingerprint density at radius 3 is 2.68 bits per heavy atom. The van der Waals surface area contributed by atoms with E-state index in [4.69, 9.17) is 5.73 Å². The van der Waals surface area contributed by atoms with Gasteiger partial charge < -0.3 is 15.6 Å². The molecule has 0 fully saturated rings. The van der Waals surface area contributed by atoms with Crippen molar-refractivity contribution < 1.29 is 19.4 Å². The second-order valence-corrected chi connectivity index (χ2v) is 5.49. The SMILES string of the molecule is C=C/C=C(\C(=C)O)C(N)(CC(=O)CC(=O)OC)c1ccsc1. The summed E-state index contributed by atoms with van der Waals surface area (Å²) in [6.45, 7) is 7.07. The van der Waals surface area contributed by atoms with E-state index in [1.165, 1.54) is 30.6 Å². The number of esters is 1. The van der Waals surface area contributed by atoms with Crippen LogP contribution in [0, 0.1) is 0 Å². The highest BCUT2D eigenvalue weighted by atomic mass is 32.1. The largest absolute Gasteiger partial charge is 0.508 e. The summed E-state index contributed by atoms with van der Waals surface area (Å²) in [5, 5.41) is 13.4. The Morgan fingerprint density at radius 2 is 2.23 bits per heavy atom. The highest BCUT2D eigenvalue weighted by Crippen LogP contribution is 2.35. The minimum absolute atomic E-state index is 0.169. The van der Waals surface area contributed by atoms with Crippen molar-refractivity contribution in [2.75, 3.05) is 7.11 Å². The van der Waals surface area contributed by atoms with Crippen LogP contribution < -0.4 is 5.73 Å². The summed E-state index contributed by atoms with van der Waals surface area (Å²) in [7, 11) is 1.21. The minimum Gasteiger partial charge on any atom is -0.508 e. The molecule has 0 spiro atoms. The highest BCUT2D eigenvalue weighted by Gasteiger charge is 2.36. The molecule has 1 unspecified atom stereocenters. The van der Waals surface area contributed by atoms with E-state index in [-0.39, 0.29) is 24.2 Å². The molecule has 22 heavy (non-hydrogen) atoms. The molecular formula is C16H19NO4S. The molecule has 1 rings (SSSR count). The molecule has 0 bridgehead atoms. The quantitative estimate of drug-likeness (QED) is 0.332. The first-order valence-electron chi connectivity index (χ1n) is 6.46. The number of allylic oxidation sites excluding steroid dienone is 2. The average Bonchev–Trinajstić information content (AvgIpc) is 2.98. The number of carbonyl (C=O) groups is 2. The minimum atomic E-state index is -1.29. The maximum atomic E-state index is 12.1. The van der Waals surface area contributed by atoms with Gasteiger partial charge in [0.25, 0.3) is 0 Å². The zero-order chi connectivity index (χ0) is 16.8. The van der Waals surface area contributed by atoms with Gasteiger partial charge in [-0.05, 0) is 22.4 Å². The van der Waals surface area contributed by atoms with Crippen molar-refractivity contribution >= 4 is 23.1 Å². The first-order chi connectivity index (χ1) is 10.3. The van der Waals surface area contributed by atoms with Crippen molar-refractivity contribution in [2.24, 2.45) is 5.73 Å². The number of rotatable bonds is 8. The number of hydrogen-bond donors (Lipinski definition) is 2. The predicted octanol–water partition coefficient (Wildman–Crippen LogP) is 2.61. The van der Waals surface area contributed by atoms with Gasteiger partial charge in [-0.25, -0.2) is 0 Å². The fourth-order valence-corrected chi connectivity index (χ4v) is 2.84. The third-order valence-electron chi connectivity index (χ3n) is 3.16. The Bertz CT molecular complexity index is 604. The van der Waals surface area contributed by atoms with E-state index in [0.717, 1.165) is 0 Å². The zero-order valence-corrected chi connectivity index (χ0v) is 13.2. The van der Waals surface area contributed by atoms with Gasteiger partial charge in [-0.2, -0.15) is 11.3 Å². The van der Waals surface area contributed by atoms with Crippen LogP contribution in [0.25, 0.3) is 0 Å². The van der Waals surface area contributed by atoms with E-state index in [2.05, 4.69) is 17.9 Å². The molecule has 0 aliphatic rings. The summed E-state index contributed by atoms with van der Waals surface area (Å²) in [6, 6.07) is 1.76. The van der Waals surface area contributed by atoms with E-state index in [1.807, 2.05) is 5.38 Å². The van der Waals surface area contributed by atoms with Crippen LogP contribution in [-0.2, 0) is 19.9 Å². The van der Waals surface area contributed by atoms with Crippen LogP contribution in [-0.4, -0.2) is 24.0 Å². The Morgan fingerprint density at radius 1 is 1.55 bits per heavy atom. The first-order valence-corrected chi connectivity index (χ1v) is 7.41. The lowest BCUT2D eigenvalue weighted by Crippen LogP contribution is -2.41. The lowest BCUT2D eigenvalue weighted by atomic mass is 9.79. The third-order valence-corrected chi connectivity index (χ3v) is 3.84. The monoisotopic (exact) mass is 321 g/mol. The first kappa shape index (κ1) is 17.9. The molecule has 1 aromatic heterocycles. The molecule has 0 radical (unpaired) electrons. The number of ether oxygens (including phenoxy) is 1. The number of carbonyl (C=O) groups excluding carboxylic acids is 2. The van der Waals surface area contributed by atoms with Crippen LogP contribution in [0.4, 0.5) is 0 Å². The number of aliphatic hydroxyl groups excluding tert-OH is 1. The lowest BCUT2D eigenvalue weighted by Gasteiger charge is -2.31. The van der Waals surface area contributed by atoms with Crippen LogP contribution in [0.2, 0.25) is 0 Å². The molecule has 6 heteroatoms. The molecule has 0 saturated carbocycles. The van der Waals surface area contributed by atoms with Gasteiger partial charge in [0, 0.05) is 12.0 Å². The second-order valence-electron chi connectivity index (χ2n) is 4.71. The summed E-state index contributed by atoms with van der Waals surface area (Å²) in [5.74, 6) is -1.27. The number of aliphatic hydroxyl groups is 1. The molecule has 1 aromatic rings. The van der Waals surface area contributed by atoms with Gasteiger partial charge in [-0.1, -0.05) is 25.3 Å². The van der Waals surface area contributed by atoms with Crippen LogP contribution in [0.3, 0.4) is 0 Å². The zero-order valence-electron chi connectivity index (χ0n) is 12.4. The Hall–Kier alpha value is -2.18. The van der Waals surface area contributed by atoms with Crippen molar-refractivity contribution in [3.05, 3.63) is 59.0 Å². The van der Waals surface area contributed by atoms with E-state index in [1.54, 1.807) is 11.4 Å². The second kappa shape index (κ2) is 7.72. The van der Waals surface area contributed by atoms with Gasteiger partial charge in [-0.15, -0.1) is 0 Å². The Labute approximate surface area is 133 Å². The summed E-state index contributed by atoms with van der Waals surface area (Å²) >= 11 is 1.41. The standard InChI is InChI=1S/C16H19NO4S/c1-4-5-14(11(2)18)16(17,12-6-7-22-10-12)9-13(19)8-15(20)21-3/h4-7,10,18H,1-2,8-9,17H2,3H3/b14-5+. The van der Waals surface area contributed by atoms with Gasteiger partial charge >= 0.3 is 5.97 Å². The van der Waals surface area contributed by atoms with E-state index in [9.17, 15) is 14.7 Å². The number of methoxy groups -OCH3 is 1. The van der Waals surface area contributed by atoms with Crippen molar-refractivity contribution in [1.29, 1.82) is 0 Å². The maximum absolute atomic E-state index is 12.1. The molecule has 0 amide bonds. The molecule has 1 atom stereocenters. The summed E-state index contributed by atoms with van der Waals surface area (Å²) in [4.78, 5) is 23.4. The van der Waals surface area contributed by atoms with Gasteiger partial charge in [0.1, 0.15) is 18.0 Å². The fraction of sp³-hybridized carbons (Fsp3) is 0.250. The lowest BCUT2D eigenvalue weighted by molar-refractivity contribution is -0.143. The van der Waals surface area contributed by atoms with Crippen LogP contribution in [0.5, 0.6) is 0 Å². The van der Waals surface area contributed by atoms with Gasteiger partial charge in [0.15, 0.2) is 0 Å². The van der Waals surface area contributed by atoms with Crippen molar-refractivity contribution in [3.8, 4) is 0 Å². The highest BCUT2D eigenvalue weighted by molar-refractivity contribution is 7.08. The van der Waals surface area contributed by atoms with Gasteiger partial charge in [0.05, 0.1) is 12.6 Å². The molecule has 0 saturated heterocycles. The number of Topliss-reactive ketones (excluding diaryl/α,β-unsaturated/α-hetero) is 1. The number of nitrogens with two attached hydrogens (primary N) is 1. The number of thiophene rings is 1. The van der Waals surface area contributed by atoms with E-state index >= 15 is 0 Å². The number of hydrogen-bond acceptors (Lipinski definition) is 6. The summed E-state index contributed by atoms with van der Waals surface area (Å²) in [6.07, 6.45) is 2.41. The molecule has 0 aromatic carbocycles. The molecular weight excluding hydrogens is 302 g/mol.